The third kappa shape index (κ3) is 3.75. The van der Waals surface area contributed by atoms with Crippen LogP contribution in [0.4, 0.5) is 0 Å². The molecule has 112 valence electrons. The number of amides is 1. The lowest BCUT2D eigenvalue weighted by atomic mass is 10.2. The van der Waals surface area contributed by atoms with Gasteiger partial charge in [-0.25, -0.2) is 0 Å². The maximum atomic E-state index is 11.9. The second-order valence-electron chi connectivity index (χ2n) is 4.93. The zero-order valence-corrected chi connectivity index (χ0v) is 12.0. The van der Waals surface area contributed by atoms with Crippen molar-refractivity contribution >= 4 is 22.8 Å². The average molecular weight is 290 g/mol. The highest BCUT2D eigenvalue weighted by atomic mass is 16.5. The Morgan fingerprint density at radius 1 is 1.38 bits per heavy atom. The van der Waals surface area contributed by atoms with Crippen LogP contribution in [0.1, 0.15) is 13.3 Å². The van der Waals surface area contributed by atoms with E-state index in [1.807, 2.05) is 35.0 Å². The molecule has 0 saturated heterocycles. The first kappa shape index (κ1) is 14.9. The second-order valence-corrected chi connectivity index (χ2v) is 4.93. The molecule has 0 aliphatic heterocycles. The van der Waals surface area contributed by atoms with Crippen LogP contribution in [0.5, 0.6) is 5.75 Å². The molecule has 0 radical (unpaired) electrons. The Balaban J connectivity index is 2.06. The van der Waals surface area contributed by atoms with E-state index in [0.717, 1.165) is 16.7 Å². The van der Waals surface area contributed by atoms with Gasteiger partial charge in [-0.3, -0.25) is 9.59 Å². The Morgan fingerprint density at radius 2 is 2.14 bits per heavy atom. The predicted octanol–water partition coefficient (Wildman–Crippen LogP) is 1.63. The van der Waals surface area contributed by atoms with E-state index in [0.29, 0.717) is 0 Å². The standard InChI is InChI=1S/C15H18N2O4/c1-10(7-15(19)20)16-14(18)9-17-6-5-11-8-12(21-2)3-4-13(11)17/h3-6,8,10H,7,9H2,1-2H3,(H,16,18)(H,19,20)/t10-/m0/s1. The molecule has 0 aliphatic carbocycles. The molecule has 1 aromatic heterocycles. The Kier molecular flexibility index (Phi) is 4.47. The summed E-state index contributed by atoms with van der Waals surface area (Å²) in [5.74, 6) is -0.377. The summed E-state index contributed by atoms with van der Waals surface area (Å²) in [7, 11) is 1.61. The van der Waals surface area contributed by atoms with Crippen LogP contribution in [0.25, 0.3) is 10.9 Å². The minimum Gasteiger partial charge on any atom is -0.497 e. The number of fused-ring (bicyclic) bond motifs is 1. The van der Waals surface area contributed by atoms with E-state index in [1.54, 1.807) is 14.0 Å². The van der Waals surface area contributed by atoms with E-state index in [1.165, 1.54) is 0 Å². The number of methoxy groups -OCH3 is 1. The van der Waals surface area contributed by atoms with Gasteiger partial charge in [0.05, 0.1) is 13.5 Å². The van der Waals surface area contributed by atoms with Gasteiger partial charge in [0.2, 0.25) is 5.91 Å². The summed E-state index contributed by atoms with van der Waals surface area (Å²) in [6.45, 7) is 1.82. The summed E-state index contributed by atoms with van der Waals surface area (Å²) in [6, 6.07) is 7.14. The third-order valence-corrected chi connectivity index (χ3v) is 3.18. The maximum Gasteiger partial charge on any atom is 0.305 e. The molecule has 0 fully saturated rings. The van der Waals surface area contributed by atoms with Gasteiger partial charge < -0.3 is 19.7 Å². The summed E-state index contributed by atoms with van der Waals surface area (Å²) in [4.78, 5) is 22.5. The van der Waals surface area contributed by atoms with Crippen LogP contribution in [0, 0.1) is 0 Å². The molecular formula is C15H18N2O4. The second kappa shape index (κ2) is 6.30. The molecule has 21 heavy (non-hydrogen) atoms. The number of carboxylic acids is 1. The number of carboxylic acid groups (broad SMARTS) is 1. The number of carbonyl (C=O) groups is 2. The summed E-state index contributed by atoms with van der Waals surface area (Å²) in [5, 5.41) is 12.3. The molecule has 2 aromatic rings. The number of nitrogens with zero attached hydrogens (tertiary/aromatic N) is 1. The van der Waals surface area contributed by atoms with Crippen molar-refractivity contribution in [3.05, 3.63) is 30.5 Å². The lowest BCUT2D eigenvalue weighted by molar-refractivity contribution is -0.137. The number of hydrogen-bond donors (Lipinski definition) is 2. The van der Waals surface area contributed by atoms with Crippen molar-refractivity contribution in [2.24, 2.45) is 0 Å². The fourth-order valence-electron chi connectivity index (χ4n) is 2.23. The van der Waals surface area contributed by atoms with Crippen LogP contribution in [0.2, 0.25) is 0 Å². The Hall–Kier alpha value is -2.50. The van der Waals surface area contributed by atoms with Gasteiger partial charge in [-0.05, 0) is 31.2 Å². The van der Waals surface area contributed by atoms with Gasteiger partial charge in [-0.15, -0.1) is 0 Å². The summed E-state index contributed by atoms with van der Waals surface area (Å²) in [6.07, 6.45) is 1.74. The first-order chi connectivity index (χ1) is 9.99. The zero-order valence-electron chi connectivity index (χ0n) is 12.0. The lowest BCUT2D eigenvalue weighted by Crippen LogP contribution is -2.36. The van der Waals surface area contributed by atoms with E-state index in [-0.39, 0.29) is 18.9 Å². The first-order valence-corrected chi connectivity index (χ1v) is 6.63. The number of nitrogens with one attached hydrogen (secondary N) is 1. The van der Waals surface area contributed by atoms with Crippen molar-refractivity contribution in [2.45, 2.75) is 25.9 Å². The van der Waals surface area contributed by atoms with E-state index in [9.17, 15) is 9.59 Å². The third-order valence-electron chi connectivity index (χ3n) is 3.18. The van der Waals surface area contributed by atoms with Gasteiger partial charge in [0.1, 0.15) is 12.3 Å². The largest absolute Gasteiger partial charge is 0.497 e. The van der Waals surface area contributed by atoms with Crippen LogP contribution >= 0.6 is 0 Å². The summed E-state index contributed by atoms with van der Waals surface area (Å²) in [5.41, 5.74) is 0.928. The van der Waals surface area contributed by atoms with Crippen molar-refractivity contribution < 1.29 is 19.4 Å². The molecule has 6 heteroatoms. The van der Waals surface area contributed by atoms with Crippen molar-refractivity contribution in [1.29, 1.82) is 0 Å². The van der Waals surface area contributed by atoms with E-state index >= 15 is 0 Å². The molecule has 0 saturated carbocycles. The summed E-state index contributed by atoms with van der Waals surface area (Å²) < 4.78 is 6.98. The maximum absolute atomic E-state index is 11.9. The topological polar surface area (TPSA) is 80.6 Å². The number of ether oxygens (including phenoxy) is 1. The molecule has 1 amide bonds. The number of aromatic nitrogens is 1. The van der Waals surface area contributed by atoms with E-state index in [2.05, 4.69) is 5.32 Å². The minimum absolute atomic E-state index is 0.0879. The van der Waals surface area contributed by atoms with Crippen molar-refractivity contribution in [3.8, 4) is 5.75 Å². The van der Waals surface area contributed by atoms with Crippen LogP contribution in [-0.2, 0) is 16.1 Å². The van der Waals surface area contributed by atoms with Crippen molar-refractivity contribution in [1.82, 2.24) is 9.88 Å². The van der Waals surface area contributed by atoms with Crippen LogP contribution in [0.15, 0.2) is 30.5 Å². The number of aliphatic carboxylic acids is 1. The summed E-state index contributed by atoms with van der Waals surface area (Å²) >= 11 is 0. The Labute approximate surface area is 122 Å². The molecular weight excluding hydrogens is 272 g/mol. The highest BCUT2D eigenvalue weighted by Crippen LogP contribution is 2.21. The SMILES string of the molecule is COc1ccc2c(ccn2CC(=O)N[C@@H](C)CC(=O)O)c1. The van der Waals surface area contributed by atoms with Gasteiger partial charge in [0.15, 0.2) is 0 Å². The normalized spacial score (nSPS) is 12.1. The predicted molar refractivity (Wildman–Crippen MR) is 78.3 cm³/mol. The van der Waals surface area contributed by atoms with Gasteiger partial charge in [-0.2, -0.15) is 0 Å². The lowest BCUT2D eigenvalue weighted by Gasteiger charge is -2.12. The van der Waals surface area contributed by atoms with Crippen molar-refractivity contribution in [3.63, 3.8) is 0 Å². The first-order valence-electron chi connectivity index (χ1n) is 6.63. The van der Waals surface area contributed by atoms with E-state index in [4.69, 9.17) is 9.84 Å². The Morgan fingerprint density at radius 3 is 2.81 bits per heavy atom. The Bertz CT molecular complexity index is 663. The molecule has 0 aliphatic rings. The highest BCUT2D eigenvalue weighted by Gasteiger charge is 2.12. The monoisotopic (exact) mass is 290 g/mol. The number of carbonyl (C=O) groups excluding carboxylic acids is 1. The molecule has 1 atom stereocenters. The number of hydrogen-bond acceptors (Lipinski definition) is 3. The van der Waals surface area contributed by atoms with Gasteiger partial charge in [-0.1, -0.05) is 0 Å². The van der Waals surface area contributed by atoms with Crippen molar-refractivity contribution in [2.75, 3.05) is 7.11 Å². The van der Waals surface area contributed by atoms with Crippen LogP contribution < -0.4 is 10.1 Å². The molecule has 1 aromatic carbocycles. The zero-order chi connectivity index (χ0) is 15.4. The molecule has 0 bridgehead atoms. The van der Waals surface area contributed by atoms with Gasteiger partial charge >= 0.3 is 5.97 Å². The fourth-order valence-corrected chi connectivity index (χ4v) is 2.23. The molecule has 1 heterocycles. The molecule has 0 unspecified atom stereocenters. The van der Waals surface area contributed by atoms with Crippen LogP contribution in [0.3, 0.4) is 0 Å². The number of rotatable bonds is 6. The van der Waals surface area contributed by atoms with Crippen LogP contribution in [-0.4, -0.2) is 34.7 Å². The molecule has 6 nitrogen and oxygen atoms in total. The van der Waals surface area contributed by atoms with E-state index < -0.39 is 12.0 Å². The quantitative estimate of drug-likeness (QED) is 0.847. The van der Waals surface area contributed by atoms with Gasteiger partial charge in [0.25, 0.3) is 0 Å². The number of benzene rings is 1. The highest BCUT2D eigenvalue weighted by molar-refractivity contribution is 5.84. The molecule has 2 N–H and O–H groups in total. The average Bonchev–Trinajstić information content (AvgIpc) is 2.79. The molecule has 2 rings (SSSR count). The van der Waals surface area contributed by atoms with Gasteiger partial charge in [0, 0.05) is 23.1 Å². The smallest absolute Gasteiger partial charge is 0.305 e. The molecule has 0 spiro atoms. The minimum atomic E-state index is -0.929. The fraction of sp³-hybridized carbons (Fsp3) is 0.333.